The second kappa shape index (κ2) is 17.8. The standard InChI is InChI=1S/C41H58N2O12Si/c1-10-30(51-39-37(47-9)34(50-28(8)44)31(52-39)23-49-56(25(2)3,26(4)5)27(6)7)33-35-36(55-41(54-35)19-14-15-20-41)38(53-33)42-21-18-32(45)43(40(42)46)24-48-22-29-16-12-11-13-17-29/h1,11-13,16-18,21,25-27,30-31,33-39H,14-15,19-20,22-24H2,2-9H3/t30-,31+,33+,34+,35+,36+,37+,38+,39+/m0/s1. The average Bonchev–Trinajstić information content (AvgIpc) is 3.93. The first kappa shape index (κ1) is 42.4. The van der Waals surface area contributed by atoms with Crippen LogP contribution in [0.3, 0.4) is 0 Å². The molecule has 14 nitrogen and oxygen atoms in total. The van der Waals surface area contributed by atoms with Gasteiger partial charge in [0.25, 0.3) is 5.56 Å². The zero-order valence-electron chi connectivity index (χ0n) is 33.8. The van der Waals surface area contributed by atoms with Crippen molar-refractivity contribution < 1.29 is 47.1 Å². The van der Waals surface area contributed by atoms with Crippen molar-refractivity contribution in [1.29, 1.82) is 0 Å². The number of ether oxygens (including phenoxy) is 8. The minimum atomic E-state index is -2.33. The van der Waals surface area contributed by atoms with Gasteiger partial charge in [-0.2, -0.15) is 0 Å². The summed E-state index contributed by atoms with van der Waals surface area (Å²) in [4.78, 5) is 39.3. The molecule has 4 fully saturated rings. The molecule has 308 valence electrons. The van der Waals surface area contributed by atoms with E-state index in [0.29, 0.717) is 29.5 Å². The molecule has 4 aliphatic rings. The van der Waals surface area contributed by atoms with Crippen LogP contribution in [0.15, 0.2) is 52.2 Å². The Morgan fingerprint density at radius 3 is 2.23 bits per heavy atom. The molecule has 0 unspecified atom stereocenters. The van der Waals surface area contributed by atoms with E-state index in [9.17, 15) is 14.4 Å². The SMILES string of the molecule is C#C[C@H](O[C@@H]1O[C@H](CO[Si](C(C)C)(C(C)C)C(C)C)[C@@H](OC(C)=O)[C@H]1OC)[C@H]1O[C@@H](n2ccc(=O)n(COCc3ccccc3)c2=O)[C@@H]2OC3(CCCC3)O[C@@H]21. The number of nitrogens with zero attached hydrogens (tertiary/aromatic N) is 2. The van der Waals surface area contributed by atoms with Crippen LogP contribution < -0.4 is 11.2 Å². The second-order valence-corrected chi connectivity index (χ2v) is 21.6. The zero-order chi connectivity index (χ0) is 40.4. The van der Waals surface area contributed by atoms with Gasteiger partial charge in [-0.15, -0.1) is 6.42 Å². The summed E-state index contributed by atoms with van der Waals surface area (Å²) in [6.07, 6.45) is 2.72. The lowest BCUT2D eigenvalue weighted by Crippen LogP contribution is -2.50. The Morgan fingerprint density at radius 2 is 1.62 bits per heavy atom. The Morgan fingerprint density at radius 1 is 0.964 bits per heavy atom. The van der Waals surface area contributed by atoms with E-state index in [0.717, 1.165) is 23.0 Å². The van der Waals surface area contributed by atoms with Gasteiger partial charge in [-0.25, -0.2) is 9.36 Å². The summed E-state index contributed by atoms with van der Waals surface area (Å²) >= 11 is 0. The summed E-state index contributed by atoms with van der Waals surface area (Å²) in [6.45, 7) is 14.6. The molecule has 0 radical (unpaired) electrons. The molecule has 3 aliphatic heterocycles. The van der Waals surface area contributed by atoms with Crippen LogP contribution in [0, 0.1) is 12.3 Å². The van der Waals surface area contributed by atoms with Gasteiger partial charge >= 0.3 is 11.7 Å². The molecule has 1 aromatic heterocycles. The highest BCUT2D eigenvalue weighted by molar-refractivity contribution is 6.77. The van der Waals surface area contributed by atoms with Crippen molar-refractivity contribution in [3.05, 3.63) is 69.0 Å². The van der Waals surface area contributed by atoms with E-state index >= 15 is 0 Å². The van der Waals surface area contributed by atoms with Crippen LogP contribution in [0.25, 0.3) is 0 Å². The Balaban J connectivity index is 1.25. The molecule has 0 N–H and O–H groups in total. The molecule has 1 aliphatic carbocycles. The van der Waals surface area contributed by atoms with Crippen molar-refractivity contribution >= 4 is 14.3 Å². The molecule has 9 atom stereocenters. The fraction of sp³-hybridized carbons (Fsp3) is 0.683. The van der Waals surface area contributed by atoms with Gasteiger partial charge in [0.15, 0.2) is 32.7 Å². The van der Waals surface area contributed by atoms with Crippen LogP contribution in [0.4, 0.5) is 0 Å². The number of carbonyl (C=O) groups excluding carboxylic acids is 1. The molecule has 56 heavy (non-hydrogen) atoms. The molecular weight excluding hydrogens is 741 g/mol. The van der Waals surface area contributed by atoms with Crippen LogP contribution in [-0.4, -0.2) is 91.9 Å². The molecule has 1 aromatic carbocycles. The first-order valence-electron chi connectivity index (χ1n) is 19.8. The molecule has 0 amide bonds. The minimum Gasteiger partial charge on any atom is -0.457 e. The van der Waals surface area contributed by atoms with Crippen molar-refractivity contribution in [3.8, 4) is 12.3 Å². The molecule has 4 heterocycles. The van der Waals surface area contributed by atoms with E-state index in [4.69, 9.17) is 48.7 Å². The van der Waals surface area contributed by atoms with E-state index < -0.39 is 86.6 Å². The van der Waals surface area contributed by atoms with Gasteiger partial charge in [0.05, 0.1) is 13.2 Å². The molecule has 0 bridgehead atoms. The third-order valence-electron chi connectivity index (χ3n) is 11.8. The number of methoxy groups -OCH3 is 1. The van der Waals surface area contributed by atoms with Crippen molar-refractivity contribution in [1.82, 2.24) is 9.13 Å². The van der Waals surface area contributed by atoms with Gasteiger partial charge in [0, 0.05) is 39.1 Å². The first-order valence-corrected chi connectivity index (χ1v) is 21.9. The van der Waals surface area contributed by atoms with Crippen molar-refractivity contribution in [2.75, 3.05) is 13.7 Å². The van der Waals surface area contributed by atoms with Crippen LogP contribution in [0.5, 0.6) is 0 Å². The van der Waals surface area contributed by atoms with Gasteiger partial charge in [-0.05, 0) is 35.0 Å². The molecule has 3 saturated heterocycles. The highest BCUT2D eigenvalue weighted by Crippen LogP contribution is 2.50. The van der Waals surface area contributed by atoms with Crippen LogP contribution in [-0.2, 0) is 60.5 Å². The third kappa shape index (κ3) is 8.36. The fourth-order valence-electron chi connectivity index (χ4n) is 9.34. The Kier molecular flexibility index (Phi) is 13.5. The Labute approximate surface area is 330 Å². The molecular formula is C41H58N2O12Si. The van der Waals surface area contributed by atoms with Gasteiger partial charge in [0.1, 0.15) is 43.4 Å². The van der Waals surface area contributed by atoms with Crippen molar-refractivity contribution in [2.24, 2.45) is 0 Å². The first-order chi connectivity index (χ1) is 26.7. The van der Waals surface area contributed by atoms with Crippen LogP contribution in [0.2, 0.25) is 16.6 Å². The molecule has 6 rings (SSSR count). The number of fused-ring (bicyclic) bond motifs is 1. The van der Waals surface area contributed by atoms with E-state index in [2.05, 4.69) is 47.5 Å². The number of esters is 1. The van der Waals surface area contributed by atoms with Gasteiger partial charge in [-0.3, -0.25) is 14.2 Å². The number of aromatic nitrogens is 2. The number of terminal acetylenes is 1. The second-order valence-electron chi connectivity index (χ2n) is 16.2. The Hall–Kier alpha value is -3.17. The van der Waals surface area contributed by atoms with Gasteiger partial charge < -0.3 is 42.3 Å². The van der Waals surface area contributed by atoms with Crippen molar-refractivity contribution in [2.45, 2.75) is 165 Å². The molecule has 1 spiro atoms. The third-order valence-corrected chi connectivity index (χ3v) is 17.9. The summed E-state index contributed by atoms with van der Waals surface area (Å²) < 4.78 is 59.5. The number of carbonyl (C=O) groups is 1. The zero-order valence-corrected chi connectivity index (χ0v) is 34.8. The van der Waals surface area contributed by atoms with E-state index in [1.165, 1.54) is 30.9 Å². The number of rotatable bonds is 16. The lowest BCUT2D eigenvalue weighted by atomic mass is 10.1. The Bertz CT molecular complexity index is 1780. The summed E-state index contributed by atoms with van der Waals surface area (Å²) in [6, 6.07) is 10.8. The molecule has 2 aromatic rings. The predicted octanol–water partition coefficient (Wildman–Crippen LogP) is 5.02. The quantitative estimate of drug-likeness (QED) is 0.128. The highest BCUT2D eigenvalue weighted by Gasteiger charge is 2.62. The van der Waals surface area contributed by atoms with Gasteiger partial charge in [-0.1, -0.05) is 77.8 Å². The minimum absolute atomic E-state index is 0.166. The van der Waals surface area contributed by atoms with Crippen molar-refractivity contribution in [3.63, 3.8) is 0 Å². The summed E-state index contributed by atoms with van der Waals surface area (Å²) in [5.41, 5.74) is 0.690. The van der Waals surface area contributed by atoms with E-state index in [1.54, 1.807) is 0 Å². The summed E-state index contributed by atoms with van der Waals surface area (Å²) in [5, 5.41) is 0. The maximum atomic E-state index is 14.0. The van der Waals surface area contributed by atoms with Crippen LogP contribution in [0.1, 0.15) is 85.9 Å². The number of hydrogen-bond acceptors (Lipinski definition) is 12. The lowest BCUT2D eigenvalue weighted by molar-refractivity contribution is -0.242. The maximum absolute atomic E-state index is 14.0. The number of benzene rings is 1. The van der Waals surface area contributed by atoms with E-state index in [-0.39, 0.29) is 19.9 Å². The lowest BCUT2D eigenvalue weighted by Gasteiger charge is -2.42. The molecule has 1 saturated carbocycles. The average molecular weight is 799 g/mol. The highest BCUT2D eigenvalue weighted by atomic mass is 28.4. The normalized spacial score (nSPS) is 29.0. The summed E-state index contributed by atoms with van der Waals surface area (Å²) in [7, 11) is -0.836. The van der Waals surface area contributed by atoms with E-state index in [1.807, 2.05) is 30.3 Å². The monoisotopic (exact) mass is 798 g/mol. The fourth-order valence-corrected chi connectivity index (χ4v) is 14.8. The molecule has 15 heteroatoms. The number of hydrogen-bond donors (Lipinski definition) is 0. The van der Waals surface area contributed by atoms with Gasteiger partial charge in [0.2, 0.25) is 0 Å². The largest absolute Gasteiger partial charge is 0.457 e. The smallest absolute Gasteiger partial charge is 0.335 e. The predicted molar refractivity (Wildman–Crippen MR) is 207 cm³/mol. The van der Waals surface area contributed by atoms with Crippen LogP contribution >= 0.6 is 0 Å². The summed E-state index contributed by atoms with van der Waals surface area (Å²) in [5.74, 6) is 1.35. The topological polar surface area (TPSA) is 144 Å². The maximum Gasteiger partial charge on any atom is 0.335 e.